The number of aromatic nitrogens is 3. The van der Waals surface area contributed by atoms with Gasteiger partial charge in [-0.05, 0) is 130 Å². The van der Waals surface area contributed by atoms with Crippen LogP contribution in [-0.4, -0.2) is 14.5 Å². The third-order valence-electron chi connectivity index (χ3n) is 14.7. The van der Waals surface area contributed by atoms with E-state index in [-0.39, 0.29) is 0 Å². The summed E-state index contributed by atoms with van der Waals surface area (Å²) in [7, 11) is 0. The second kappa shape index (κ2) is 15.8. The van der Waals surface area contributed by atoms with E-state index in [1.54, 1.807) is 0 Å². The lowest BCUT2D eigenvalue weighted by atomic mass is 9.79. The Hall–Kier alpha value is -8.92. The first-order valence-electron chi connectivity index (χ1n) is 24.7. The lowest BCUT2D eigenvalue weighted by Gasteiger charge is -2.25. The highest BCUT2D eigenvalue weighted by molar-refractivity contribution is 6.10. The monoisotopic (exact) mass is 892 g/mol. The summed E-state index contributed by atoms with van der Waals surface area (Å²) >= 11 is 0. The molecule has 70 heavy (non-hydrogen) atoms. The molecule has 0 unspecified atom stereocenters. The first-order valence-corrected chi connectivity index (χ1v) is 24.2. The van der Waals surface area contributed by atoms with Crippen LogP contribution in [0.15, 0.2) is 231 Å². The van der Waals surface area contributed by atoms with Gasteiger partial charge < -0.3 is 0 Å². The Kier molecular flexibility index (Phi) is 8.85. The molecule has 0 amide bonds. The molecule has 0 radical (unpaired) electrons. The maximum Gasteiger partial charge on any atom is 0.235 e. The SMILES string of the molecule is [2H]C(C)(C)c1c(-c2ccc3c(c2)-c2ccccc2-c2ccccc2-c2ccccc2-3)cccc1-c1ccc2c(c1)-c1ccccc1-c1ccccc1-c1nc(-n3c4ccccc4c4ccccc43)ncc1-2. The molecule has 328 valence electrons. The molecular weight excluding hydrogens is 847 g/mol. The lowest BCUT2D eigenvalue weighted by Crippen LogP contribution is -2.06. The Balaban J connectivity index is 0.970. The Morgan fingerprint density at radius 1 is 0.343 bits per heavy atom. The van der Waals surface area contributed by atoms with Crippen molar-refractivity contribution in [3.05, 3.63) is 236 Å². The van der Waals surface area contributed by atoms with Gasteiger partial charge in [-0.2, -0.15) is 0 Å². The summed E-state index contributed by atoms with van der Waals surface area (Å²) in [5.41, 5.74) is 25.5. The molecule has 2 heterocycles. The second-order valence-electron chi connectivity index (χ2n) is 18.8. The summed E-state index contributed by atoms with van der Waals surface area (Å²) in [6, 6.07) is 81.1. The standard InChI is InChI=1S/C67H45N3/c1-41(2)65-44(42-34-36-55-50-22-6-5-20-48(50)46-18-3-4-19-47(46)49-21-7-9-25-53(49)60(55)38-42)30-17-31-45(65)43-35-37-56-61(39-43)54-26-10-8-23-51(54)52-24-11-12-29-59(52)66-62(56)40-68-67(69-66)70-63-32-15-13-27-57(63)58-28-14-16-33-64(58)70/h3-41H,1-2H3/i41D. The van der Waals surface area contributed by atoms with Gasteiger partial charge in [0.2, 0.25) is 5.95 Å². The van der Waals surface area contributed by atoms with Crippen LogP contribution in [-0.2, 0) is 0 Å². The van der Waals surface area contributed by atoms with Gasteiger partial charge in [-0.1, -0.05) is 214 Å². The van der Waals surface area contributed by atoms with E-state index in [0.29, 0.717) is 5.95 Å². The van der Waals surface area contributed by atoms with Crippen molar-refractivity contribution in [1.82, 2.24) is 14.5 Å². The molecular formula is C67H45N3. The van der Waals surface area contributed by atoms with Crippen LogP contribution in [0, 0.1) is 0 Å². The van der Waals surface area contributed by atoms with Crippen LogP contribution in [0.2, 0.25) is 0 Å². The molecule has 3 heteroatoms. The van der Waals surface area contributed by atoms with Crippen LogP contribution in [0.5, 0.6) is 0 Å². The highest BCUT2D eigenvalue weighted by atomic mass is 15.2. The molecule has 2 aliphatic rings. The number of fused-ring (bicyclic) bond motifs is 19. The van der Waals surface area contributed by atoms with Gasteiger partial charge in [0.15, 0.2) is 0 Å². The molecule has 14 rings (SSSR count). The van der Waals surface area contributed by atoms with Crippen molar-refractivity contribution in [3.8, 4) is 117 Å². The summed E-state index contributed by atoms with van der Waals surface area (Å²) in [6.45, 7) is 4.04. The largest absolute Gasteiger partial charge is 0.278 e. The zero-order valence-corrected chi connectivity index (χ0v) is 38.8. The molecule has 0 saturated carbocycles. The fourth-order valence-corrected chi connectivity index (χ4v) is 11.7. The summed E-state index contributed by atoms with van der Waals surface area (Å²) in [5.74, 6) is -0.322. The maximum atomic E-state index is 9.91. The van der Waals surface area contributed by atoms with E-state index in [0.717, 1.165) is 83.5 Å². The van der Waals surface area contributed by atoms with E-state index in [9.17, 15) is 1.37 Å². The fourth-order valence-electron chi connectivity index (χ4n) is 11.7. The minimum absolute atomic E-state index is 0.632. The van der Waals surface area contributed by atoms with Gasteiger partial charge in [-0.25, -0.2) is 9.97 Å². The molecule has 0 N–H and O–H groups in total. The smallest absolute Gasteiger partial charge is 0.235 e. The minimum atomic E-state index is -0.954. The van der Waals surface area contributed by atoms with E-state index in [2.05, 4.69) is 229 Å². The number of benzene rings is 10. The molecule has 10 aromatic carbocycles. The molecule has 2 aromatic heterocycles. The third kappa shape index (κ3) is 6.08. The van der Waals surface area contributed by atoms with Gasteiger partial charge in [-0.15, -0.1) is 0 Å². The molecule has 12 aromatic rings. The highest BCUT2D eigenvalue weighted by Gasteiger charge is 2.27. The van der Waals surface area contributed by atoms with Crippen molar-refractivity contribution in [1.29, 1.82) is 0 Å². The van der Waals surface area contributed by atoms with Crippen LogP contribution >= 0.6 is 0 Å². The van der Waals surface area contributed by atoms with Gasteiger partial charge in [0, 0.05) is 29.5 Å². The molecule has 3 nitrogen and oxygen atoms in total. The highest BCUT2D eigenvalue weighted by Crippen LogP contribution is 2.51. The van der Waals surface area contributed by atoms with Crippen molar-refractivity contribution in [2.24, 2.45) is 0 Å². The normalized spacial score (nSPS) is 12.3. The van der Waals surface area contributed by atoms with Crippen molar-refractivity contribution in [2.75, 3.05) is 0 Å². The molecule has 0 bridgehead atoms. The van der Waals surface area contributed by atoms with Gasteiger partial charge in [0.05, 0.1) is 16.7 Å². The van der Waals surface area contributed by atoms with Crippen molar-refractivity contribution >= 4 is 21.8 Å². The number of para-hydroxylation sites is 2. The van der Waals surface area contributed by atoms with Crippen LogP contribution in [0.4, 0.5) is 0 Å². The van der Waals surface area contributed by atoms with Crippen LogP contribution < -0.4 is 0 Å². The number of hydrogen-bond donors (Lipinski definition) is 0. The quantitative estimate of drug-likeness (QED) is 0.176. The molecule has 0 aliphatic heterocycles. The van der Waals surface area contributed by atoms with E-state index < -0.39 is 5.89 Å². The Labute approximate surface area is 409 Å². The fraction of sp³-hybridized carbons (Fsp3) is 0.0448. The van der Waals surface area contributed by atoms with Crippen LogP contribution in [0.25, 0.3) is 139 Å². The van der Waals surface area contributed by atoms with E-state index in [1.807, 2.05) is 20.0 Å². The van der Waals surface area contributed by atoms with Gasteiger partial charge >= 0.3 is 0 Å². The van der Waals surface area contributed by atoms with E-state index >= 15 is 0 Å². The molecule has 0 saturated heterocycles. The van der Waals surface area contributed by atoms with Crippen LogP contribution in [0.3, 0.4) is 0 Å². The predicted octanol–water partition coefficient (Wildman–Crippen LogP) is 18.0. The van der Waals surface area contributed by atoms with Crippen molar-refractivity contribution in [3.63, 3.8) is 0 Å². The molecule has 0 atom stereocenters. The summed E-state index contributed by atoms with van der Waals surface area (Å²) in [5, 5.41) is 2.34. The average molecular weight is 893 g/mol. The topological polar surface area (TPSA) is 30.7 Å². The average Bonchev–Trinajstić information content (AvgIpc) is 3.76. The van der Waals surface area contributed by atoms with Crippen LogP contribution in [0.1, 0.15) is 26.7 Å². The summed E-state index contributed by atoms with van der Waals surface area (Å²) in [6.07, 6.45) is 2.03. The Morgan fingerprint density at radius 2 is 0.686 bits per heavy atom. The molecule has 0 fully saturated rings. The molecule has 2 aliphatic carbocycles. The van der Waals surface area contributed by atoms with Gasteiger partial charge in [-0.3, -0.25) is 4.57 Å². The predicted molar refractivity (Wildman–Crippen MR) is 292 cm³/mol. The first kappa shape index (κ1) is 39.1. The number of rotatable bonds is 4. The Bertz CT molecular complexity index is 4110. The van der Waals surface area contributed by atoms with Gasteiger partial charge in [0.25, 0.3) is 0 Å². The summed E-state index contributed by atoms with van der Waals surface area (Å²) < 4.78 is 12.1. The third-order valence-corrected chi connectivity index (χ3v) is 14.7. The first-order chi connectivity index (χ1) is 34.9. The van der Waals surface area contributed by atoms with E-state index in [1.165, 1.54) is 55.3 Å². The van der Waals surface area contributed by atoms with E-state index in [4.69, 9.17) is 9.97 Å². The Morgan fingerprint density at radius 3 is 1.13 bits per heavy atom. The summed E-state index contributed by atoms with van der Waals surface area (Å²) in [4.78, 5) is 10.8. The second-order valence-corrected chi connectivity index (χ2v) is 18.8. The number of hydrogen-bond acceptors (Lipinski definition) is 2. The maximum absolute atomic E-state index is 9.91. The van der Waals surface area contributed by atoms with Gasteiger partial charge in [0.1, 0.15) is 0 Å². The van der Waals surface area contributed by atoms with Crippen molar-refractivity contribution in [2.45, 2.75) is 19.7 Å². The van der Waals surface area contributed by atoms with Crippen molar-refractivity contribution < 1.29 is 1.37 Å². The minimum Gasteiger partial charge on any atom is -0.278 e. The molecule has 0 spiro atoms. The number of nitrogens with zero attached hydrogens (tertiary/aromatic N) is 3. The zero-order valence-electron chi connectivity index (χ0n) is 39.8. The lowest BCUT2D eigenvalue weighted by molar-refractivity contribution is 0.871. The zero-order chi connectivity index (χ0) is 47.4.